The van der Waals surface area contributed by atoms with E-state index in [1.807, 2.05) is 20.8 Å². The van der Waals surface area contributed by atoms with Crippen LogP contribution >= 0.6 is 0 Å². The van der Waals surface area contributed by atoms with Crippen LogP contribution in [0.2, 0.25) is 0 Å². The van der Waals surface area contributed by atoms with Gasteiger partial charge in [-0.05, 0) is 82.6 Å². The number of anilines is 1. The molecule has 1 fully saturated rings. The summed E-state index contributed by atoms with van der Waals surface area (Å²) in [7, 11) is 0. The SMILES string of the molecule is CC(C)(C)OC(=O)N1CCC(N(c2ccc(C#N)c3c2CCCC3)S(=O)[O-])CC1. The van der Waals surface area contributed by atoms with Gasteiger partial charge in [0.15, 0.2) is 0 Å². The number of amides is 1. The minimum atomic E-state index is -2.43. The molecule has 1 atom stereocenters. The second-order valence-corrected chi connectivity index (χ2v) is 9.48. The van der Waals surface area contributed by atoms with Crippen LogP contribution in [-0.4, -0.2) is 44.5 Å². The molecule has 158 valence electrons. The molecule has 1 saturated heterocycles. The smallest absolute Gasteiger partial charge is 0.410 e. The molecule has 2 aliphatic rings. The number of piperidine rings is 1. The van der Waals surface area contributed by atoms with Crippen LogP contribution in [0.3, 0.4) is 0 Å². The van der Waals surface area contributed by atoms with Gasteiger partial charge in [0.1, 0.15) is 5.60 Å². The van der Waals surface area contributed by atoms with E-state index in [-0.39, 0.29) is 12.1 Å². The highest BCUT2D eigenvalue weighted by atomic mass is 32.2. The first-order chi connectivity index (χ1) is 13.7. The summed E-state index contributed by atoms with van der Waals surface area (Å²) in [5.74, 6) is 0. The average molecular weight is 419 g/mol. The third kappa shape index (κ3) is 4.90. The maximum absolute atomic E-state index is 12.3. The second kappa shape index (κ2) is 8.72. The molecule has 0 aromatic heterocycles. The van der Waals surface area contributed by atoms with E-state index in [1.165, 1.54) is 4.31 Å². The largest absolute Gasteiger partial charge is 0.755 e. The van der Waals surface area contributed by atoms with Gasteiger partial charge in [-0.15, -0.1) is 0 Å². The molecule has 0 saturated carbocycles. The Labute approximate surface area is 175 Å². The molecular weight excluding hydrogens is 390 g/mol. The molecule has 0 N–H and O–H groups in total. The molecule has 7 nitrogen and oxygen atoms in total. The van der Waals surface area contributed by atoms with Gasteiger partial charge in [0.05, 0.1) is 17.3 Å². The van der Waals surface area contributed by atoms with E-state index in [0.717, 1.165) is 36.8 Å². The first-order valence-electron chi connectivity index (χ1n) is 10.1. The van der Waals surface area contributed by atoms with E-state index in [2.05, 4.69) is 6.07 Å². The summed E-state index contributed by atoms with van der Waals surface area (Å²) < 4.78 is 31.3. The third-order valence-corrected chi connectivity index (χ3v) is 6.29. The van der Waals surface area contributed by atoms with Crippen molar-refractivity contribution in [2.24, 2.45) is 0 Å². The fourth-order valence-corrected chi connectivity index (χ4v) is 4.95. The lowest BCUT2D eigenvalue weighted by Crippen LogP contribution is -2.48. The lowest BCUT2D eigenvalue weighted by molar-refractivity contribution is 0.0207. The highest BCUT2D eigenvalue weighted by Crippen LogP contribution is 2.36. The number of fused-ring (bicyclic) bond motifs is 1. The monoisotopic (exact) mass is 418 g/mol. The normalized spacial score (nSPS) is 18.5. The van der Waals surface area contributed by atoms with Gasteiger partial charge in [0.2, 0.25) is 0 Å². The molecule has 3 rings (SSSR count). The summed E-state index contributed by atoms with van der Waals surface area (Å²) in [6.45, 7) is 6.38. The molecule has 1 aromatic carbocycles. The zero-order chi connectivity index (χ0) is 21.2. The van der Waals surface area contributed by atoms with E-state index in [9.17, 15) is 18.8 Å². The quantitative estimate of drug-likeness (QED) is 0.701. The molecule has 1 heterocycles. The maximum Gasteiger partial charge on any atom is 0.410 e. The number of hydrogen-bond donors (Lipinski definition) is 0. The van der Waals surface area contributed by atoms with Crippen molar-refractivity contribution in [3.05, 3.63) is 28.8 Å². The second-order valence-electron chi connectivity index (χ2n) is 8.65. The Kier molecular flexibility index (Phi) is 6.49. The molecule has 8 heteroatoms. The van der Waals surface area contributed by atoms with Crippen molar-refractivity contribution in [2.45, 2.75) is 70.9 Å². The zero-order valence-corrected chi connectivity index (χ0v) is 18.1. The number of carbonyl (C=O) groups excluding carboxylic acids is 1. The highest BCUT2D eigenvalue weighted by molar-refractivity contribution is 7.80. The van der Waals surface area contributed by atoms with E-state index < -0.39 is 16.9 Å². The van der Waals surface area contributed by atoms with E-state index >= 15 is 0 Å². The lowest BCUT2D eigenvalue weighted by atomic mass is 9.87. The summed E-state index contributed by atoms with van der Waals surface area (Å²) in [5.41, 5.74) is 2.73. The van der Waals surface area contributed by atoms with Crippen molar-refractivity contribution in [1.82, 2.24) is 4.90 Å². The van der Waals surface area contributed by atoms with Gasteiger partial charge in [-0.2, -0.15) is 5.26 Å². The number of nitrogens with zero attached hydrogens (tertiary/aromatic N) is 3. The molecule has 1 amide bonds. The van der Waals surface area contributed by atoms with Crippen LogP contribution in [0.4, 0.5) is 10.5 Å². The standard InChI is InChI=1S/C21H29N3O4S/c1-21(2,3)28-20(25)23-12-10-16(11-13-23)24(29(26)27)19-9-8-15(14-22)17-6-4-5-7-18(17)19/h8-9,16H,4-7,10-13H2,1-3H3,(H,26,27)/p-1. The molecule has 1 unspecified atom stereocenters. The van der Waals surface area contributed by atoms with Gasteiger partial charge in [-0.3, -0.25) is 8.51 Å². The lowest BCUT2D eigenvalue weighted by Gasteiger charge is -2.41. The molecule has 0 radical (unpaired) electrons. The predicted molar refractivity (Wildman–Crippen MR) is 110 cm³/mol. The third-order valence-electron chi connectivity index (χ3n) is 5.48. The van der Waals surface area contributed by atoms with E-state index in [4.69, 9.17) is 4.74 Å². The summed E-state index contributed by atoms with van der Waals surface area (Å²) in [5, 5.41) is 9.41. The van der Waals surface area contributed by atoms with Crippen molar-refractivity contribution in [3.8, 4) is 6.07 Å². The molecule has 0 spiro atoms. The zero-order valence-electron chi connectivity index (χ0n) is 17.3. The number of nitriles is 1. The van der Waals surface area contributed by atoms with Crippen molar-refractivity contribution in [3.63, 3.8) is 0 Å². The van der Waals surface area contributed by atoms with Gasteiger partial charge in [-0.1, -0.05) is 0 Å². The van der Waals surface area contributed by atoms with E-state index in [1.54, 1.807) is 17.0 Å². The van der Waals surface area contributed by atoms with Crippen molar-refractivity contribution in [1.29, 1.82) is 5.26 Å². The Balaban J connectivity index is 1.80. The first kappa shape index (κ1) is 21.6. The number of hydrogen-bond acceptors (Lipinski definition) is 5. The number of rotatable bonds is 3. The molecular formula is C21H28N3O4S-. The van der Waals surface area contributed by atoms with Crippen LogP contribution in [-0.2, 0) is 28.8 Å². The van der Waals surface area contributed by atoms with Crippen LogP contribution in [0.1, 0.15) is 63.1 Å². The predicted octanol–water partition coefficient (Wildman–Crippen LogP) is 3.44. The summed E-state index contributed by atoms with van der Waals surface area (Å²) in [4.78, 5) is 13.9. The van der Waals surface area contributed by atoms with Gasteiger partial charge in [0, 0.05) is 30.4 Å². The van der Waals surface area contributed by atoms with Crippen molar-refractivity contribution >= 4 is 23.0 Å². The van der Waals surface area contributed by atoms with Crippen LogP contribution in [0.5, 0.6) is 0 Å². The fourth-order valence-electron chi connectivity index (χ4n) is 4.17. The van der Waals surface area contributed by atoms with Gasteiger partial charge >= 0.3 is 6.09 Å². The van der Waals surface area contributed by atoms with Crippen LogP contribution in [0.25, 0.3) is 0 Å². The molecule has 1 aliphatic carbocycles. The number of likely N-dealkylation sites (tertiary alicyclic amines) is 1. The molecule has 29 heavy (non-hydrogen) atoms. The van der Waals surface area contributed by atoms with Gasteiger partial charge in [-0.25, -0.2) is 4.79 Å². The Morgan fingerprint density at radius 2 is 1.86 bits per heavy atom. The van der Waals surface area contributed by atoms with Crippen LogP contribution < -0.4 is 4.31 Å². The summed E-state index contributed by atoms with van der Waals surface area (Å²) >= 11 is -2.43. The van der Waals surface area contributed by atoms with Crippen LogP contribution in [0.15, 0.2) is 12.1 Å². The molecule has 1 aromatic rings. The summed E-state index contributed by atoms with van der Waals surface area (Å²) in [6.07, 6.45) is 4.32. The minimum absolute atomic E-state index is 0.217. The van der Waals surface area contributed by atoms with Crippen LogP contribution in [0, 0.1) is 11.3 Å². The summed E-state index contributed by atoms with van der Waals surface area (Å²) in [6, 6.07) is 5.51. The highest BCUT2D eigenvalue weighted by Gasteiger charge is 2.32. The first-order valence-corrected chi connectivity index (χ1v) is 11.2. The number of carbonyl (C=O) groups is 1. The van der Waals surface area contributed by atoms with E-state index in [0.29, 0.717) is 37.2 Å². The van der Waals surface area contributed by atoms with Gasteiger partial charge < -0.3 is 14.2 Å². The Bertz CT molecular complexity index is 836. The maximum atomic E-state index is 12.3. The topological polar surface area (TPSA) is 96.7 Å². The molecule has 0 bridgehead atoms. The Hall–Kier alpha value is -2.11. The Morgan fingerprint density at radius 3 is 2.41 bits per heavy atom. The van der Waals surface area contributed by atoms with Crippen molar-refractivity contribution in [2.75, 3.05) is 17.4 Å². The van der Waals surface area contributed by atoms with Gasteiger partial charge in [0.25, 0.3) is 0 Å². The molecule has 1 aliphatic heterocycles. The minimum Gasteiger partial charge on any atom is -0.755 e. The fraction of sp³-hybridized carbons (Fsp3) is 0.619. The number of benzene rings is 1. The average Bonchev–Trinajstić information content (AvgIpc) is 2.67. The van der Waals surface area contributed by atoms with Crippen molar-refractivity contribution < 1.29 is 18.3 Å². The number of ether oxygens (including phenoxy) is 1. The Morgan fingerprint density at radius 1 is 1.24 bits per heavy atom.